The molecule has 19 heavy (non-hydrogen) atoms. The molecule has 3 unspecified atom stereocenters. The summed E-state index contributed by atoms with van der Waals surface area (Å²) in [5.74, 6) is 0.565. The summed E-state index contributed by atoms with van der Waals surface area (Å²) < 4.78 is 5.91. The summed E-state index contributed by atoms with van der Waals surface area (Å²) in [5, 5.41) is 21.0. The van der Waals surface area contributed by atoms with Gasteiger partial charge in [0.05, 0.1) is 17.8 Å². The van der Waals surface area contributed by atoms with Crippen molar-refractivity contribution in [1.29, 1.82) is 0 Å². The lowest BCUT2D eigenvalue weighted by Gasteiger charge is -2.49. The smallest absolute Gasteiger partial charge is 0.0831 e. The molecule has 3 atom stereocenters. The fourth-order valence-corrected chi connectivity index (χ4v) is 4.31. The predicted molar refractivity (Wildman–Crippen MR) is 73.8 cm³/mol. The minimum atomic E-state index is -0.538. The van der Waals surface area contributed by atoms with E-state index in [9.17, 15) is 10.2 Å². The van der Waals surface area contributed by atoms with Crippen LogP contribution in [0.3, 0.4) is 0 Å². The van der Waals surface area contributed by atoms with E-state index in [0.29, 0.717) is 5.92 Å². The highest BCUT2D eigenvalue weighted by molar-refractivity contribution is 4.97. The molecule has 3 nitrogen and oxygen atoms in total. The van der Waals surface area contributed by atoms with E-state index in [-0.39, 0.29) is 11.5 Å². The molecule has 0 radical (unpaired) electrons. The Morgan fingerprint density at radius 1 is 0.842 bits per heavy atom. The second kappa shape index (κ2) is 5.71. The van der Waals surface area contributed by atoms with Gasteiger partial charge >= 0.3 is 0 Å². The van der Waals surface area contributed by atoms with Gasteiger partial charge in [-0.3, -0.25) is 0 Å². The molecule has 1 heterocycles. The van der Waals surface area contributed by atoms with Crippen LogP contribution in [0.5, 0.6) is 0 Å². The second-order valence-electron chi connectivity index (χ2n) is 7.02. The predicted octanol–water partition coefficient (Wildman–Crippen LogP) is 2.64. The van der Waals surface area contributed by atoms with Crippen molar-refractivity contribution in [3.8, 4) is 0 Å². The average molecular weight is 268 g/mol. The third-order valence-corrected chi connectivity index (χ3v) is 5.76. The van der Waals surface area contributed by atoms with Crippen molar-refractivity contribution in [2.24, 2.45) is 11.8 Å². The molecule has 0 aromatic heterocycles. The second-order valence-corrected chi connectivity index (χ2v) is 7.02. The number of ether oxygens (including phenoxy) is 1. The van der Waals surface area contributed by atoms with Crippen LogP contribution in [-0.2, 0) is 4.74 Å². The van der Waals surface area contributed by atoms with E-state index < -0.39 is 12.2 Å². The molecular formula is C16H28O3. The lowest BCUT2D eigenvalue weighted by molar-refractivity contribution is -0.170. The van der Waals surface area contributed by atoms with Gasteiger partial charge in [0.1, 0.15) is 0 Å². The van der Waals surface area contributed by atoms with Crippen molar-refractivity contribution in [2.45, 2.75) is 82.0 Å². The standard InChI is InChI=1S/C16H28O3/c17-14(12-5-2-1-3-6-12)15(18)13-7-10-19-16(11-13)8-4-9-16/h12-15,17-18H,1-11H2. The average Bonchev–Trinajstić information content (AvgIpc) is 2.45. The maximum absolute atomic E-state index is 10.5. The summed E-state index contributed by atoms with van der Waals surface area (Å²) in [6.07, 6.45) is 10.3. The van der Waals surface area contributed by atoms with Crippen LogP contribution in [0, 0.1) is 11.8 Å². The highest BCUT2D eigenvalue weighted by Gasteiger charge is 2.45. The molecule has 3 rings (SSSR count). The van der Waals surface area contributed by atoms with E-state index in [1.165, 1.54) is 25.7 Å². The summed E-state index contributed by atoms with van der Waals surface area (Å²) in [7, 11) is 0. The van der Waals surface area contributed by atoms with E-state index in [4.69, 9.17) is 4.74 Å². The van der Waals surface area contributed by atoms with Crippen molar-refractivity contribution in [2.75, 3.05) is 6.61 Å². The number of hydrogen-bond acceptors (Lipinski definition) is 3. The van der Waals surface area contributed by atoms with Gasteiger partial charge in [-0.25, -0.2) is 0 Å². The summed E-state index contributed by atoms with van der Waals surface area (Å²) in [5.41, 5.74) is 0.0657. The summed E-state index contributed by atoms with van der Waals surface area (Å²) in [6.45, 7) is 0.763. The molecule has 2 aliphatic carbocycles. The maximum atomic E-state index is 10.5. The Balaban J connectivity index is 1.57. The van der Waals surface area contributed by atoms with Gasteiger partial charge in [0.2, 0.25) is 0 Å². The topological polar surface area (TPSA) is 49.7 Å². The normalized spacial score (nSPS) is 34.7. The molecule has 3 aliphatic rings. The Hall–Kier alpha value is -0.120. The highest BCUT2D eigenvalue weighted by Crippen LogP contribution is 2.45. The van der Waals surface area contributed by atoms with E-state index in [0.717, 1.165) is 45.1 Å². The Morgan fingerprint density at radius 3 is 2.16 bits per heavy atom. The van der Waals surface area contributed by atoms with Gasteiger partial charge in [-0.05, 0) is 56.8 Å². The maximum Gasteiger partial charge on any atom is 0.0831 e. The third kappa shape index (κ3) is 2.84. The summed E-state index contributed by atoms with van der Waals surface area (Å²) in [6, 6.07) is 0. The van der Waals surface area contributed by atoms with Crippen LogP contribution in [-0.4, -0.2) is 34.6 Å². The zero-order valence-electron chi connectivity index (χ0n) is 11.9. The van der Waals surface area contributed by atoms with Crippen LogP contribution < -0.4 is 0 Å². The number of rotatable bonds is 3. The molecular weight excluding hydrogens is 240 g/mol. The van der Waals surface area contributed by atoms with Gasteiger partial charge in [-0.2, -0.15) is 0 Å². The lowest BCUT2D eigenvalue weighted by Crippen LogP contribution is -2.50. The lowest BCUT2D eigenvalue weighted by atomic mass is 9.69. The summed E-state index contributed by atoms with van der Waals surface area (Å²) >= 11 is 0. The first-order valence-corrected chi connectivity index (χ1v) is 8.20. The molecule has 1 aliphatic heterocycles. The first kappa shape index (κ1) is 13.8. The van der Waals surface area contributed by atoms with E-state index in [1.807, 2.05) is 0 Å². The Bertz CT molecular complexity index is 294. The third-order valence-electron chi connectivity index (χ3n) is 5.76. The van der Waals surface area contributed by atoms with Gasteiger partial charge in [0, 0.05) is 6.61 Å². The van der Waals surface area contributed by atoms with Crippen molar-refractivity contribution in [3.63, 3.8) is 0 Å². The highest BCUT2D eigenvalue weighted by atomic mass is 16.5. The molecule has 2 saturated carbocycles. The first-order valence-electron chi connectivity index (χ1n) is 8.20. The molecule has 110 valence electrons. The molecule has 0 aromatic carbocycles. The fourth-order valence-electron chi connectivity index (χ4n) is 4.31. The fraction of sp³-hybridized carbons (Fsp3) is 1.00. The van der Waals surface area contributed by atoms with Gasteiger partial charge in [0.25, 0.3) is 0 Å². The first-order chi connectivity index (χ1) is 9.20. The Labute approximate surface area is 116 Å². The van der Waals surface area contributed by atoms with Crippen LogP contribution in [0.25, 0.3) is 0 Å². The quantitative estimate of drug-likeness (QED) is 0.827. The van der Waals surface area contributed by atoms with Gasteiger partial charge in [0.15, 0.2) is 0 Å². The molecule has 2 N–H and O–H groups in total. The van der Waals surface area contributed by atoms with Gasteiger partial charge in [-0.15, -0.1) is 0 Å². The van der Waals surface area contributed by atoms with Crippen molar-refractivity contribution >= 4 is 0 Å². The molecule has 3 fully saturated rings. The Morgan fingerprint density at radius 2 is 1.53 bits per heavy atom. The largest absolute Gasteiger partial charge is 0.390 e. The SMILES string of the molecule is OC(C1CCCCC1)C(O)C1CCOC2(CCC2)C1. The number of aliphatic hydroxyl groups is 2. The minimum absolute atomic E-state index is 0.0657. The van der Waals surface area contributed by atoms with Gasteiger partial charge < -0.3 is 14.9 Å². The number of hydrogen-bond donors (Lipinski definition) is 2. The van der Waals surface area contributed by atoms with Crippen molar-refractivity contribution in [1.82, 2.24) is 0 Å². The van der Waals surface area contributed by atoms with Crippen LogP contribution in [0.4, 0.5) is 0 Å². The van der Waals surface area contributed by atoms with Crippen LogP contribution in [0.1, 0.15) is 64.2 Å². The molecule has 0 bridgehead atoms. The van der Waals surface area contributed by atoms with E-state index in [1.54, 1.807) is 0 Å². The van der Waals surface area contributed by atoms with Crippen LogP contribution in [0.15, 0.2) is 0 Å². The Kier molecular flexibility index (Phi) is 4.16. The van der Waals surface area contributed by atoms with E-state index in [2.05, 4.69) is 0 Å². The van der Waals surface area contributed by atoms with Crippen LogP contribution in [0.2, 0.25) is 0 Å². The molecule has 1 spiro atoms. The van der Waals surface area contributed by atoms with Crippen molar-refractivity contribution < 1.29 is 14.9 Å². The zero-order valence-corrected chi connectivity index (χ0v) is 11.9. The number of aliphatic hydroxyl groups excluding tert-OH is 2. The monoisotopic (exact) mass is 268 g/mol. The molecule has 0 aromatic rings. The summed E-state index contributed by atoms with van der Waals surface area (Å²) in [4.78, 5) is 0. The van der Waals surface area contributed by atoms with E-state index >= 15 is 0 Å². The minimum Gasteiger partial charge on any atom is -0.390 e. The van der Waals surface area contributed by atoms with Crippen LogP contribution >= 0.6 is 0 Å². The molecule has 1 saturated heterocycles. The van der Waals surface area contributed by atoms with Crippen molar-refractivity contribution in [3.05, 3.63) is 0 Å². The molecule has 0 amide bonds. The molecule has 3 heteroatoms. The zero-order chi connectivity index (χ0) is 13.3. The van der Waals surface area contributed by atoms with Gasteiger partial charge in [-0.1, -0.05) is 19.3 Å².